The first-order valence-corrected chi connectivity index (χ1v) is 35.1. The highest BCUT2D eigenvalue weighted by molar-refractivity contribution is 7.80. The highest BCUT2D eigenvalue weighted by Gasteiger charge is 2.38. The molecule has 0 aliphatic heterocycles. The zero-order chi connectivity index (χ0) is 77.3. The first-order valence-electron chi connectivity index (χ1n) is 33.8. The lowest BCUT2D eigenvalue weighted by molar-refractivity contribution is -0.141. The monoisotopic (exact) mass is 1500 g/mol. The number of amides is 12. The molecule has 0 radical (unpaired) electrons. The van der Waals surface area contributed by atoms with E-state index in [1.807, 2.05) is 12.1 Å². The molecule has 0 bridgehead atoms. The molecule has 2 heterocycles. The summed E-state index contributed by atoms with van der Waals surface area (Å²) < 4.78 is 0. The summed E-state index contributed by atoms with van der Waals surface area (Å²) in [6.45, 7) is 5.05. The third kappa shape index (κ3) is 24.1. The van der Waals surface area contributed by atoms with Crippen molar-refractivity contribution in [1.29, 1.82) is 0 Å². The predicted molar refractivity (Wildman–Crippen MR) is 396 cm³/mol. The Morgan fingerprint density at radius 3 is 1.55 bits per heavy atom. The Bertz CT molecular complexity index is 4250. The first-order chi connectivity index (χ1) is 50.5. The molecule has 2 aromatic heterocycles. The minimum atomic E-state index is -1.82. The molecule has 0 aliphatic rings. The summed E-state index contributed by atoms with van der Waals surface area (Å²) >= 11 is 8.40. The van der Waals surface area contributed by atoms with Gasteiger partial charge < -0.3 is 95.2 Å². The molecular formula is C72H88N16O16S2. The van der Waals surface area contributed by atoms with E-state index in [-0.39, 0.29) is 43.6 Å². The number of carbonyl (C=O) groups excluding carboxylic acids is 12. The number of aliphatic hydroxyl groups is 1. The van der Waals surface area contributed by atoms with Crippen molar-refractivity contribution in [3.05, 3.63) is 168 Å². The zero-order valence-electron chi connectivity index (χ0n) is 58.3. The van der Waals surface area contributed by atoms with Gasteiger partial charge in [0.15, 0.2) is 0 Å². The van der Waals surface area contributed by atoms with Crippen molar-refractivity contribution in [3.63, 3.8) is 0 Å². The summed E-state index contributed by atoms with van der Waals surface area (Å²) in [5.41, 5.74) is 14.0. The lowest BCUT2D eigenvalue weighted by Gasteiger charge is -2.29. The van der Waals surface area contributed by atoms with E-state index in [1.165, 1.54) is 50.6 Å². The summed E-state index contributed by atoms with van der Waals surface area (Å²) in [5, 5.41) is 61.3. The molecular weight excluding hydrogens is 1410 g/mol. The lowest BCUT2D eigenvalue weighted by atomic mass is 9.97. The quantitative estimate of drug-likeness (QED) is 0.0194. The number of nitrogens with one attached hydrogen (secondary N) is 13. The minimum Gasteiger partial charge on any atom is -0.508 e. The van der Waals surface area contributed by atoms with Crippen molar-refractivity contribution in [2.45, 2.75) is 139 Å². The normalized spacial score (nSPS) is 14.6. The van der Waals surface area contributed by atoms with Gasteiger partial charge >= 0.3 is 5.97 Å². The molecule has 0 spiro atoms. The van der Waals surface area contributed by atoms with Gasteiger partial charge in [0, 0.05) is 72.6 Å². The summed E-state index contributed by atoms with van der Waals surface area (Å²) in [6.07, 6.45) is 0.425. The molecule has 0 saturated carbocycles. The molecule has 106 heavy (non-hydrogen) atoms. The van der Waals surface area contributed by atoms with Crippen molar-refractivity contribution in [2.75, 3.05) is 18.1 Å². The molecule has 0 saturated heterocycles. The first kappa shape index (κ1) is 81.9. The summed E-state index contributed by atoms with van der Waals surface area (Å²) in [5.74, 6) is -14.4. The van der Waals surface area contributed by atoms with Crippen molar-refractivity contribution in [1.82, 2.24) is 73.4 Å². The number of aliphatic hydroxyl groups excluding tert-OH is 1. The van der Waals surface area contributed by atoms with Gasteiger partial charge in [-0.3, -0.25) is 62.3 Å². The Balaban J connectivity index is 1.14. The topological polar surface area (TPSA) is 511 Å². The number of phenolic OH excluding ortho intramolecular Hbond substituents is 1. The Labute approximate surface area is 619 Å². The van der Waals surface area contributed by atoms with E-state index in [9.17, 15) is 68.1 Å². The van der Waals surface area contributed by atoms with Crippen LogP contribution in [0.15, 0.2) is 140 Å². The number of primary amides is 1. The van der Waals surface area contributed by atoms with E-state index in [4.69, 9.17) is 11.5 Å². The van der Waals surface area contributed by atoms with Gasteiger partial charge in [-0.1, -0.05) is 117 Å². The van der Waals surface area contributed by atoms with Gasteiger partial charge in [-0.05, 0) is 71.0 Å². The average Bonchev–Trinajstić information content (AvgIpc) is 1.72. The summed E-state index contributed by atoms with van der Waals surface area (Å²) in [6, 6.07) is 16.6. The van der Waals surface area contributed by atoms with Crippen LogP contribution in [-0.2, 0) is 94.4 Å². The van der Waals surface area contributed by atoms with Crippen molar-refractivity contribution >= 4 is 124 Å². The standard InChI is InChI=1S/C72H88N16O16S2/c1-37(2)60(87-68(100)53(27-43-17-12-16-42-15-8-9-18-47(42)43)82-67(99)56(30-59(92)93)80-62(94)38(3)79-63(95)49(73)34-105)71(103)86-57(35-106)70(102)81-52(26-41-21-23-46(90)24-22-41)65(97)83-54(28-44-31-76-50-20-11-10-19-48(44)50)66(98)84-55(29-45-32-75-36-78-45)69(101)88-61(39(4)89)72(104)85-51(64(96)77-33-58(74)91)25-40-13-6-5-7-14-40/h5-24,31-32,36-39,49,51-57,60-61,76,89-90,105-106H,25-30,33-35,73H2,1-4H3,(H2,74,91)(H,75,78)(H,77,96)(H,79,95)(H,80,94)(H,81,102)(H,82,99)(H,83,97)(H,84,98)(H,85,104)(H,86,103)(H,87,100)(H,88,101)(H,92,93)/t38-,39+,49-,51-,52-,53-,54-,55-,56-,57-,60-,61-/m0/s1. The van der Waals surface area contributed by atoms with E-state index >= 15 is 9.59 Å². The number of carbonyl (C=O) groups is 13. The lowest BCUT2D eigenvalue weighted by Crippen LogP contribution is -2.62. The number of fused-ring (bicyclic) bond motifs is 2. The predicted octanol–water partition coefficient (Wildman–Crippen LogP) is -1.57. The Hall–Kier alpha value is -11.4. The number of phenols is 1. The molecule has 12 amide bonds. The van der Waals surface area contributed by atoms with Crippen LogP contribution in [0.4, 0.5) is 0 Å². The van der Waals surface area contributed by atoms with Crippen LogP contribution >= 0.6 is 25.3 Å². The largest absolute Gasteiger partial charge is 0.508 e. The second-order valence-electron chi connectivity index (χ2n) is 25.6. The van der Waals surface area contributed by atoms with Crippen molar-refractivity contribution < 1.29 is 77.6 Å². The maximum atomic E-state index is 15.2. The van der Waals surface area contributed by atoms with E-state index in [0.717, 1.165) is 5.39 Å². The number of aliphatic carboxylic acids is 1. The smallest absolute Gasteiger partial charge is 0.305 e. The third-order valence-corrected chi connectivity index (χ3v) is 17.8. The number of aromatic amines is 2. The van der Waals surface area contributed by atoms with Gasteiger partial charge in [-0.2, -0.15) is 25.3 Å². The number of H-pyrrole nitrogens is 2. The number of nitrogens with zero attached hydrogens (tertiary/aromatic N) is 1. The van der Waals surface area contributed by atoms with Gasteiger partial charge in [-0.15, -0.1) is 0 Å². The Morgan fingerprint density at radius 2 is 0.962 bits per heavy atom. The van der Waals surface area contributed by atoms with Gasteiger partial charge in [-0.25, -0.2) is 4.98 Å². The van der Waals surface area contributed by atoms with Crippen molar-refractivity contribution in [2.24, 2.45) is 17.4 Å². The SMILES string of the molecule is CC(C)[C@H](NC(=O)[C@H](Cc1cccc2ccccc12)NC(=O)[C@H](CC(=O)O)NC(=O)[C@H](C)NC(=O)[C@@H](N)CS)C(=O)N[C@@H](CS)C(=O)N[C@@H](Cc1ccc(O)cc1)C(=O)N[C@@H](Cc1c[nH]c2ccccc12)C(=O)N[C@@H](Cc1cnc[nH]1)C(=O)N[C@H](C(=O)N[C@@H](Cc1ccccc1)C(=O)NCC(N)=O)[C@@H](C)O. The fourth-order valence-electron chi connectivity index (χ4n) is 11.3. The molecule has 12 atom stereocenters. The number of imidazole rings is 1. The molecule has 7 aromatic rings. The molecule has 32 nitrogen and oxygen atoms in total. The highest BCUT2D eigenvalue weighted by Crippen LogP contribution is 2.23. The maximum Gasteiger partial charge on any atom is 0.305 e. The number of hydrogen-bond donors (Lipinski definition) is 20. The third-order valence-electron chi connectivity index (χ3n) is 17.1. The highest BCUT2D eigenvalue weighted by atomic mass is 32.1. The minimum absolute atomic E-state index is 0.0693. The molecule has 564 valence electrons. The van der Waals surface area contributed by atoms with E-state index in [2.05, 4.69) is 98.7 Å². The van der Waals surface area contributed by atoms with Crippen LogP contribution in [0, 0.1) is 5.92 Å². The van der Waals surface area contributed by atoms with Crippen LogP contribution in [0.5, 0.6) is 5.75 Å². The maximum absolute atomic E-state index is 15.2. The molecule has 34 heteroatoms. The summed E-state index contributed by atoms with van der Waals surface area (Å²) in [7, 11) is 0. The van der Waals surface area contributed by atoms with Gasteiger partial charge in [0.1, 0.15) is 66.2 Å². The second kappa shape index (κ2) is 39.5. The average molecular weight is 1500 g/mol. The number of aromatic hydroxyl groups is 1. The zero-order valence-corrected chi connectivity index (χ0v) is 60.1. The molecule has 0 fully saturated rings. The van der Waals surface area contributed by atoms with Crippen LogP contribution in [0.2, 0.25) is 0 Å². The van der Waals surface area contributed by atoms with E-state index in [0.29, 0.717) is 44.2 Å². The van der Waals surface area contributed by atoms with Crippen molar-refractivity contribution in [3.8, 4) is 5.75 Å². The van der Waals surface area contributed by atoms with E-state index in [1.54, 1.807) is 105 Å². The Morgan fingerprint density at radius 1 is 0.472 bits per heavy atom. The van der Waals surface area contributed by atoms with Gasteiger partial charge in [0.05, 0.1) is 31.4 Å². The fraction of sp³-hybridized carbons (Fsp3) is 0.361. The van der Waals surface area contributed by atoms with Crippen LogP contribution in [0.1, 0.15) is 62.1 Å². The molecule has 0 unspecified atom stereocenters. The summed E-state index contributed by atoms with van der Waals surface area (Å²) in [4.78, 5) is 191. The van der Waals surface area contributed by atoms with Crippen LogP contribution in [0.25, 0.3) is 21.7 Å². The number of carboxylic acid groups (broad SMARTS) is 1. The van der Waals surface area contributed by atoms with Gasteiger partial charge in [0.25, 0.3) is 0 Å². The second-order valence-corrected chi connectivity index (χ2v) is 26.3. The van der Waals surface area contributed by atoms with Crippen LogP contribution in [0.3, 0.4) is 0 Å². The fourth-order valence-corrected chi connectivity index (χ4v) is 11.7. The molecule has 5 aromatic carbocycles. The van der Waals surface area contributed by atoms with Gasteiger partial charge in [0.2, 0.25) is 70.9 Å². The number of aromatic nitrogens is 3. The number of thiol groups is 2. The Kier molecular flexibility index (Phi) is 30.5. The number of nitrogens with two attached hydrogens (primary N) is 2. The number of hydrogen-bond acceptors (Lipinski definition) is 19. The molecule has 20 N–H and O–H groups in total. The number of para-hydroxylation sites is 1. The molecule has 0 aliphatic carbocycles. The number of carboxylic acids is 1. The van der Waals surface area contributed by atoms with Crippen LogP contribution in [-0.4, -0.2) is 198 Å². The van der Waals surface area contributed by atoms with Crippen LogP contribution < -0.4 is 70.0 Å². The number of rotatable bonds is 39. The van der Waals surface area contributed by atoms with E-state index < -0.39 is 174 Å². The molecule has 7 rings (SSSR count). The number of benzene rings is 5.